The Morgan fingerprint density at radius 3 is 2.68 bits per heavy atom. The average Bonchev–Trinajstić information content (AvgIpc) is 2.84. The van der Waals surface area contributed by atoms with Gasteiger partial charge in [-0.15, -0.1) is 0 Å². The van der Waals surface area contributed by atoms with Crippen LogP contribution in [0.3, 0.4) is 0 Å². The van der Waals surface area contributed by atoms with E-state index in [1.54, 1.807) is 0 Å². The Morgan fingerprint density at radius 2 is 1.89 bits per heavy atom. The van der Waals surface area contributed by atoms with E-state index < -0.39 is 0 Å². The summed E-state index contributed by atoms with van der Waals surface area (Å²) in [6.45, 7) is 8.17. The van der Waals surface area contributed by atoms with E-state index in [-0.39, 0.29) is 0 Å². The summed E-state index contributed by atoms with van der Waals surface area (Å²) in [5, 5.41) is 3.57. The van der Waals surface area contributed by atoms with Crippen LogP contribution in [0.15, 0.2) is 18.2 Å². The van der Waals surface area contributed by atoms with Gasteiger partial charge in [-0.05, 0) is 43.5 Å². The zero-order valence-electron chi connectivity index (χ0n) is 12.2. The SMILES string of the molecule is CC(C)CCCCNC(C)c1ccc2c(c1)OCO2. The molecule has 3 heteroatoms. The first-order chi connectivity index (χ1) is 9.16. The van der Waals surface area contributed by atoms with Crippen LogP contribution in [-0.2, 0) is 0 Å². The van der Waals surface area contributed by atoms with Gasteiger partial charge in [-0.1, -0.05) is 32.8 Å². The van der Waals surface area contributed by atoms with Crippen molar-refractivity contribution in [3.05, 3.63) is 23.8 Å². The van der Waals surface area contributed by atoms with Crippen LogP contribution in [0.2, 0.25) is 0 Å². The fourth-order valence-electron chi connectivity index (χ4n) is 2.30. The standard InChI is InChI=1S/C16H25NO2/c1-12(2)6-4-5-9-17-13(3)14-7-8-15-16(10-14)19-11-18-15/h7-8,10,12-13,17H,4-6,9,11H2,1-3H3. The molecule has 3 nitrogen and oxygen atoms in total. The van der Waals surface area contributed by atoms with Gasteiger partial charge in [-0.2, -0.15) is 0 Å². The van der Waals surface area contributed by atoms with E-state index in [0.717, 1.165) is 24.0 Å². The van der Waals surface area contributed by atoms with Crippen molar-refractivity contribution in [2.75, 3.05) is 13.3 Å². The van der Waals surface area contributed by atoms with Crippen LogP contribution in [0, 0.1) is 5.92 Å². The van der Waals surface area contributed by atoms with Gasteiger partial charge >= 0.3 is 0 Å². The highest BCUT2D eigenvalue weighted by atomic mass is 16.7. The minimum absolute atomic E-state index is 0.343. The Morgan fingerprint density at radius 1 is 1.11 bits per heavy atom. The zero-order chi connectivity index (χ0) is 13.7. The van der Waals surface area contributed by atoms with Crippen molar-refractivity contribution >= 4 is 0 Å². The number of rotatable bonds is 7. The third kappa shape index (κ3) is 4.13. The predicted octanol–water partition coefficient (Wildman–Crippen LogP) is 3.89. The molecule has 0 bridgehead atoms. The molecule has 1 aromatic rings. The summed E-state index contributed by atoms with van der Waals surface area (Å²) in [5.74, 6) is 2.53. The summed E-state index contributed by atoms with van der Waals surface area (Å²) in [7, 11) is 0. The molecule has 0 aliphatic carbocycles. The molecule has 1 aromatic carbocycles. The van der Waals surface area contributed by atoms with E-state index in [1.807, 2.05) is 6.07 Å². The number of ether oxygens (including phenoxy) is 2. The van der Waals surface area contributed by atoms with Gasteiger partial charge in [0.1, 0.15) is 0 Å². The Hall–Kier alpha value is -1.22. The second-order valence-electron chi connectivity index (χ2n) is 5.68. The molecule has 1 aliphatic heterocycles. The number of hydrogen-bond acceptors (Lipinski definition) is 3. The van der Waals surface area contributed by atoms with Crippen LogP contribution in [0.25, 0.3) is 0 Å². The van der Waals surface area contributed by atoms with E-state index >= 15 is 0 Å². The molecule has 0 aromatic heterocycles. The van der Waals surface area contributed by atoms with Crippen LogP contribution in [0.5, 0.6) is 11.5 Å². The largest absolute Gasteiger partial charge is 0.454 e. The topological polar surface area (TPSA) is 30.5 Å². The maximum atomic E-state index is 5.41. The summed E-state index contributed by atoms with van der Waals surface area (Å²) in [6, 6.07) is 6.54. The normalized spacial score (nSPS) is 14.9. The Balaban J connectivity index is 1.75. The first-order valence-corrected chi connectivity index (χ1v) is 7.29. The number of hydrogen-bond donors (Lipinski definition) is 1. The van der Waals surface area contributed by atoms with Gasteiger partial charge in [0, 0.05) is 6.04 Å². The van der Waals surface area contributed by atoms with Crippen molar-refractivity contribution in [3.63, 3.8) is 0 Å². The number of fused-ring (bicyclic) bond motifs is 1. The molecule has 1 unspecified atom stereocenters. The summed E-state index contributed by atoms with van der Waals surface area (Å²) >= 11 is 0. The quantitative estimate of drug-likeness (QED) is 0.757. The highest BCUT2D eigenvalue weighted by Gasteiger charge is 2.15. The smallest absolute Gasteiger partial charge is 0.231 e. The molecule has 0 amide bonds. The highest BCUT2D eigenvalue weighted by Crippen LogP contribution is 2.34. The fraction of sp³-hybridized carbons (Fsp3) is 0.625. The summed E-state index contributed by atoms with van der Waals surface area (Å²) in [4.78, 5) is 0. The molecule has 1 heterocycles. The van der Waals surface area contributed by atoms with Gasteiger partial charge in [0.15, 0.2) is 11.5 Å². The zero-order valence-corrected chi connectivity index (χ0v) is 12.2. The molecule has 1 aliphatic rings. The van der Waals surface area contributed by atoms with Crippen LogP contribution in [-0.4, -0.2) is 13.3 Å². The number of benzene rings is 1. The van der Waals surface area contributed by atoms with Crippen molar-refractivity contribution in [3.8, 4) is 11.5 Å². The van der Waals surface area contributed by atoms with Gasteiger partial charge in [-0.25, -0.2) is 0 Å². The lowest BCUT2D eigenvalue weighted by molar-refractivity contribution is 0.174. The lowest BCUT2D eigenvalue weighted by Gasteiger charge is -2.15. The van der Waals surface area contributed by atoms with E-state index in [1.165, 1.54) is 24.8 Å². The second kappa shape index (κ2) is 6.80. The average molecular weight is 263 g/mol. The fourth-order valence-corrected chi connectivity index (χ4v) is 2.30. The molecule has 106 valence electrons. The monoisotopic (exact) mass is 263 g/mol. The van der Waals surface area contributed by atoms with Gasteiger partial charge in [-0.3, -0.25) is 0 Å². The van der Waals surface area contributed by atoms with Crippen molar-refractivity contribution < 1.29 is 9.47 Å². The van der Waals surface area contributed by atoms with E-state index in [4.69, 9.17) is 9.47 Å². The predicted molar refractivity (Wildman–Crippen MR) is 77.7 cm³/mol. The number of nitrogens with one attached hydrogen (secondary N) is 1. The minimum Gasteiger partial charge on any atom is -0.454 e. The molecular weight excluding hydrogens is 238 g/mol. The van der Waals surface area contributed by atoms with E-state index in [2.05, 4.69) is 38.2 Å². The Kier molecular flexibility index (Phi) is 5.08. The lowest BCUT2D eigenvalue weighted by Crippen LogP contribution is -2.19. The van der Waals surface area contributed by atoms with Crippen molar-refractivity contribution in [1.82, 2.24) is 5.32 Å². The summed E-state index contributed by atoms with van der Waals surface area (Å²) < 4.78 is 10.7. The number of unbranched alkanes of at least 4 members (excludes halogenated alkanes) is 1. The molecule has 0 spiro atoms. The first-order valence-electron chi connectivity index (χ1n) is 7.29. The Labute approximate surface area is 116 Å². The Bertz CT molecular complexity index is 404. The van der Waals surface area contributed by atoms with E-state index in [0.29, 0.717) is 12.8 Å². The maximum absolute atomic E-state index is 5.41. The van der Waals surface area contributed by atoms with Crippen molar-refractivity contribution in [1.29, 1.82) is 0 Å². The molecule has 0 saturated heterocycles. The van der Waals surface area contributed by atoms with Crippen molar-refractivity contribution in [2.45, 2.75) is 46.1 Å². The van der Waals surface area contributed by atoms with Crippen LogP contribution in [0.4, 0.5) is 0 Å². The van der Waals surface area contributed by atoms with E-state index in [9.17, 15) is 0 Å². The van der Waals surface area contributed by atoms with Crippen molar-refractivity contribution in [2.24, 2.45) is 5.92 Å². The second-order valence-corrected chi connectivity index (χ2v) is 5.68. The molecule has 2 rings (SSSR count). The highest BCUT2D eigenvalue weighted by molar-refractivity contribution is 5.45. The van der Waals surface area contributed by atoms with Gasteiger partial charge < -0.3 is 14.8 Å². The van der Waals surface area contributed by atoms with Crippen LogP contribution in [0.1, 0.15) is 51.6 Å². The van der Waals surface area contributed by atoms with Crippen LogP contribution >= 0.6 is 0 Å². The molecule has 0 fully saturated rings. The molecule has 1 N–H and O–H groups in total. The third-order valence-corrected chi connectivity index (χ3v) is 3.56. The van der Waals surface area contributed by atoms with Gasteiger partial charge in [0.05, 0.1) is 0 Å². The lowest BCUT2D eigenvalue weighted by atomic mass is 10.1. The third-order valence-electron chi connectivity index (χ3n) is 3.56. The summed E-state index contributed by atoms with van der Waals surface area (Å²) in [5.41, 5.74) is 1.26. The van der Waals surface area contributed by atoms with Crippen LogP contribution < -0.4 is 14.8 Å². The molecule has 19 heavy (non-hydrogen) atoms. The first kappa shape index (κ1) is 14.2. The van der Waals surface area contributed by atoms with Gasteiger partial charge in [0.25, 0.3) is 0 Å². The summed E-state index contributed by atoms with van der Waals surface area (Å²) in [6.07, 6.45) is 3.87. The molecular formula is C16H25NO2. The minimum atomic E-state index is 0.343. The molecule has 0 radical (unpaired) electrons. The molecule has 0 saturated carbocycles. The van der Waals surface area contributed by atoms with Gasteiger partial charge in [0.2, 0.25) is 6.79 Å². The maximum Gasteiger partial charge on any atom is 0.231 e. The molecule has 1 atom stereocenters.